The Labute approximate surface area is 186 Å². The summed E-state index contributed by atoms with van der Waals surface area (Å²) in [5.74, 6) is -1.36. The first-order valence-electron chi connectivity index (χ1n) is 9.00. The SMILES string of the molecule is Cc1cc(Br)ccc1NC(=O)COC(=O)c1ccccc1N(C)C(=O)c1cccs1. The number of benzene rings is 2. The number of thiophene rings is 1. The molecule has 154 valence electrons. The zero-order chi connectivity index (χ0) is 21.7. The number of amides is 2. The third-order valence-electron chi connectivity index (χ3n) is 4.32. The van der Waals surface area contributed by atoms with E-state index >= 15 is 0 Å². The van der Waals surface area contributed by atoms with Crippen LogP contribution in [0.5, 0.6) is 0 Å². The first-order valence-corrected chi connectivity index (χ1v) is 10.7. The van der Waals surface area contributed by atoms with E-state index in [9.17, 15) is 14.4 Å². The number of para-hydroxylation sites is 1. The number of hydrogen-bond donors (Lipinski definition) is 1. The Balaban J connectivity index is 1.67. The minimum absolute atomic E-state index is 0.206. The lowest BCUT2D eigenvalue weighted by Crippen LogP contribution is -2.28. The maximum absolute atomic E-state index is 12.6. The highest BCUT2D eigenvalue weighted by Crippen LogP contribution is 2.24. The second-order valence-electron chi connectivity index (χ2n) is 6.44. The molecule has 0 atom stereocenters. The van der Waals surface area contributed by atoms with Crippen molar-refractivity contribution in [2.24, 2.45) is 0 Å². The van der Waals surface area contributed by atoms with Crippen LogP contribution in [0.25, 0.3) is 0 Å². The largest absolute Gasteiger partial charge is 0.452 e. The molecule has 1 heterocycles. The van der Waals surface area contributed by atoms with Gasteiger partial charge in [0.1, 0.15) is 0 Å². The van der Waals surface area contributed by atoms with E-state index in [4.69, 9.17) is 4.74 Å². The minimum atomic E-state index is -0.681. The second-order valence-corrected chi connectivity index (χ2v) is 8.31. The van der Waals surface area contributed by atoms with Gasteiger partial charge in [-0.2, -0.15) is 0 Å². The standard InChI is InChI=1S/C22H19BrN2O4S/c1-14-12-15(23)9-10-17(14)24-20(26)13-29-22(28)16-6-3-4-7-18(16)25(2)21(27)19-8-5-11-30-19/h3-12H,13H2,1-2H3,(H,24,26). The van der Waals surface area contributed by atoms with Gasteiger partial charge in [-0.05, 0) is 54.3 Å². The van der Waals surface area contributed by atoms with Gasteiger partial charge in [-0.3, -0.25) is 9.59 Å². The molecule has 0 radical (unpaired) electrons. The Morgan fingerprint density at radius 2 is 1.87 bits per heavy atom. The van der Waals surface area contributed by atoms with Gasteiger partial charge in [0.15, 0.2) is 6.61 Å². The van der Waals surface area contributed by atoms with Crippen LogP contribution in [0.3, 0.4) is 0 Å². The van der Waals surface area contributed by atoms with E-state index < -0.39 is 18.5 Å². The van der Waals surface area contributed by atoms with Gasteiger partial charge in [-0.15, -0.1) is 11.3 Å². The van der Waals surface area contributed by atoms with E-state index in [0.29, 0.717) is 16.3 Å². The second kappa shape index (κ2) is 9.69. The van der Waals surface area contributed by atoms with Crippen molar-refractivity contribution in [1.29, 1.82) is 0 Å². The quantitative estimate of drug-likeness (QED) is 0.503. The summed E-state index contributed by atoms with van der Waals surface area (Å²) in [6.45, 7) is 1.42. The molecule has 0 unspecified atom stereocenters. The first kappa shape index (κ1) is 21.7. The lowest BCUT2D eigenvalue weighted by molar-refractivity contribution is -0.119. The molecule has 1 aromatic heterocycles. The molecule has 2 amide bonds. The van der Waals surface area contributed by atoms with Crippen LogP contribution in [0.4, 0.5) is 11.4 Å². The summed E-state index contributed by atoms with van der Waals surface area (Å²) in [5.41, 5.74) is 2.13. The smallest absolute Gasteiger partial charge is 0.340 e. The highest BCUT2D eigenvalue weighted by molar-refractivity contribution is 9.10. The number of rotatable bonds is 6. The lowest BCUT2D eigenvalue weighted by atomic mass is 10.1. The van der Waals surface area contributed by atoms with E-state index in [1.165, 1.54) is 16.2 Å². The molecule has 3 aromatic rings. The summed E-state index contributed by atoms with van der Waals surface area (Å²) < 4.78 is 6.10. The molecule has 1 N–H and O–H groups in total. The summed E-state index contributed by atoms with van der Waals surface area (Å²) >= 11 is 4.69. The maximum Gasteiger partial charge on any atom is 0.340 e. The predicted octanol–water partition coefficient (Wildman–Crippen LogP) is 4.89. The Hall–Kier alpha value is -2.97. The number of ether oxygens (including phenoxy) is 1. The molecule has 0 bridgehead atoms. The van der Waals surface area contributed by atoms with E-state index in [1.807, 2.05) is 24.4 Å². The third-order valence-corrected chi connectivity index (χ3v) is 5.67. The molecule has 6 nitrogen and oxygen atoms in total. The van der Waals surface area contributed by atoms with Gasteiger partial charge in [0.2, 0.25) is 0 Å². The fraction of sp³-hybridized carbons (Fsp3) is 0.136. The van der Waals surface area contributed by atoms with Crippen molar-refractivity contribution in [1.82, 2.24) is 0 Å². The van der Waals surface area contributed by atoms with Gasteiger partial charge >= 0.3 is 5.97 Å². The Bertz CT molecular complexity index is 1080. The van der Waals surface area contributed by atoms with Crippen molar-refractivity contribution in [3.8, 4) is 0 Å². The Morgan fingerprint density at radius 3 is 2.57 bits per heavy atom. The van der Waals surface area contributed by atoms with E-state index in [-0.39, 0.29) is 11.5 Å². The summed E-state index contributed by atoms with van der Waals surface area (Å²) in [6, 6.07) is 15.6. The lowest BCUT2D eigenvalue weighted by Gasteiger charge is -2.19. The number of esters is 1. The summed E-state index contributed by atoms with van der Waals surface area (Å²) in [7, 11) is 1.59. The number of carbonyl (C=O) groups is 3. The van der Waals surface area contributed by atoms with E-state index in [1.54, 1.807) is 49.5 Å². The fourth-order valence-electron chi connectivity index (χ4n) is 2.78. The van der Waals surface area contributed by atoms with Crippen molar-refractivity contribution in [2.75, 3.05) is 23.9 Å². The molecule has 8 heteroatoms. The molecule has 3 rings (SSSR count). The Morgan fingerprint density at radius 1 is 1.10 bits per heavy atom. The molecule has 2 aromatic carbocycles. The zero-order valence-corrected chi connectivity index (χ0v) is 18.7. The van der Waals surface area contributed by atoms with Crippen molar-refractivity contribution in [3.05, 3.63) is 80.5 Å². The summed E-state index contributed by atoms with van der Waals surface area (Å²) in [4.78, 5) is 39.4. The van der Waals surface area contributed by atoms with Crippen molar-refractivity contribution >= 4 is 56.4 Å². The summed E-state index contributed by atoms with van der Waals surface area (Å²) in [5, 5.41) is 4.53. The van der Waals surface area contributed by atoms with E-state index in [0.717, 1.165) is 10.0 Å². The van der Waals surface area contributed by atoms with Crippen LogP contribution in [-0.2, 0) is 9.53 Å². The molecule has 0 aliphatic carbocycles. The monoisotopic (exact) mass is 486 g/mol. The predicted molar refractivity (Wildman–Crippen MR) is 121 cm³/mol. The molecule has 0 spiro atoms. The van der Waals surface area contributed by atoms with Crippen LogP contribution in [0, 0.1) is 6.92 Å². The molecular weight excluding hydrogens is 468 g/mol. The fourth-order valence-corrected chi connectivity index (χ4v) is 3.95. The van der Waals surface area contributed by atoms with Gasteiger partial charge < -0.3 is 15.0 Å². The zero-order valence-electron chi connectivity index (χ0n) is 16.3. The normalized spacial score (nSPS) is 10.4. The number of nitrogens with one attached hydrogen (secondary N) is 1. The van der Waals surface area contributed by atoms with Crippen molar-refractivity contribution in [3.63, 3.8) is 0 Å². The average Bonchev–Trinajstić information content (AvgIpc) is 3.28. The van der Waals surface area contributed by atoms with Crippen LogP contribution >= 0.6 is 27.3 Å². The van der Waals surface area contributed by atoms with Gasteiger partial charge in [0.05, 0.1) is 16.1 Å². The molecular formula is C22H19BrN2O4S. The highest BCUT2D eigenvalue weighted by atomic mass is 79.9. The van der Waals surface area contributed by atoms with Crippen LogP contribution in [-0.4, -0.2) is 31.4 Å². The molecule has 0 saturated heterocycles. The van der Waals surface area contributed by atoms with Crippen molar-refractivity contribution < 1.29 is 19.1 Å². The molecule has 0 fully saturated rings. The van der Waals surface area contributed by atoms with Crippen LogP contribution in [0.2, 0.25) is 0 Å². The number of carbonyl (C=O) groups excluding carboxylic acids is 3. The number of halogens is 1. The molecule has 0 saturated carbocycles. The van der Waals surface area contributed by atoms with E-state index in [2.05, 4.69) is 21.2 Å². The molecule has 0 aliphatic rings. The van der Waals surface area contributed by atoms with Crippen LogP contribution in [0.15, 0.2) is 64.5 Å². The highest BCUT2D eigenvalue weighted by Gasteiger charge is 2.21. The third kappa shape index (κ3) is 5.14. The molecule has 30 heavy (non-hydrogen) atoms. The number of anilines is 2. The number of hydrogen-bond acceptors (Lipinski definition) is 5. The van der Waals surface area contributed by atoms with Crippen LogP contribution in [0.1, 0.15) is 25.6 Å². The van der Waals surface area contributed by atoms with Gasteiger partial charge in [0.25, 0.3) is 11.8 Å². The number of aryl methyl sites for hydroxylation is 1. The Kier molecular flexibility index (Phi) is 7.02. The number of nitrogens with zero attached hydrogens (tertiary/aromatic N) is 1. The molecule has 0 aliphatic heterocycles. The average molecular weight is 487 g/mol. The topological polar surface area (TPSA) is 75.7 Å². The van der Waals surface area contributed by atoms with Gasteiger partial charge in [0, 0.05) is 17.2 Å². The van der Waals surface area contributed by atoms with Crippen LogP contribution < -0.4 is 10.2 Å². The van der Waals surface area contributed by atoms with Gasteiger partial charge in [-0.25, -0.2) is 4.79 Å². The van der Waals surface area contributed by atoms with Gasteiger partial charge in [-0.1, -0.05) is 34.1 Å². The van der Waals surface area contributed by atoms with Crippen molar-refractivity contribution in [2.45, 2.75) is 6.92 Å². The maximum atomic E-state index is 12.6. The summed E-state index contributed by atoms with van der Waals surface area (Å²) in [6.07, 6.45) is 0. The minimum Gasteiger partial charge on any atom is -0.452 e. The first-order chi connectivity index (χ1) is 14.4.